The molecule has 0 atom stereocenters. The van der Waals surface area contributed by atoms with Gasteiger partial charge in [-0.25, -0.2) is 0 Å². The summed E-state index contributed by atoms with van der Waals surface area (Å²) in [6, 6.07) is 13.2. The van der Waals surface area contributed by atoms with Gasteiger partial charge in [0.25, 0.3) is 0 Å². The van der Waals surface area contributed by atoms with Crippen LogP contribution in [0.2, 0.25) is 5.02 Å². The van der Waals surface area contributed by atoms with E-state index >= 15 is 0 Å². The second-order valence-electron chi connectivity index (χ2n) is 6.62. The van der Waals surface area contributed by atoms with Crippen LogP contribution >= 0.6 is 34.7 Å². The number of halogens is 1. The van der Waals surface area contributed by atoms with Crippen LogP contribution in [0.25, 0.3) is 0 Å². The first kappa shape index (κ1) is 20.7. The van der Waals surface area contributed by atoms with Crippen molar-refractivity contribution in [2.45, 2.75) is 25.0 Å². The molecule has 30 heavy (non-hydrogen) atoms. The molecule has 0 saturated heterocycles. The molecule has 1 amide bonds. The van der Waals surface area contributed by atoms with E-state index < -0.39 is 0 Å². The van der Waals surface area contributed by atoms with E-state index in [4.69, 9.17) is 16.0 Å². The lowest BCUT2D eigenvalue weighted by Crippen LogP contribution is -2.15. The maximum Gasteiger partial charge on any atom is 0.234 e. The molecule has 0 fully saturated rings. The number of hydrogen-bond acceptors (Lipinski definition) is 6. The third kappa shape index (κ3) is 5.13. The molecule has 0 aliphatic rings. The lowest BCUT2D eigenvalue weighted by molar-refractivity contribution is -0.113. The number of hydrogen-bond donors (Lipinski definition) is 1. The highest BCUT2D eigenvalue weighted by molar-refractivity contribution is 7.99. The average molecular weight is 459 g/mol. The highest BCUT2D eigenvalue weighted by Crippen LogP contribution is 2.23. The van der Waals surface area contributed by atoms with Gasteiger partial charge in [0.05, 0.1) is 18.6 Å². The molecular weight excluding hydrogens is 440 g/mol. The van der Waals surface area contributed by atoms with E-state index in [0.29, 0.717) is 23.1 Å². The maximum atomic E-state index is 12.5. The highest BCUT2D eigenvalue weighted by atomic mass is 35.5. The number of nitrogens with zero attached hydrogens (tertiary/aromatic N) is 3. The van der Waals surface area contributed by atoms with E-state index in [2.05, 4.69) is 21.6 Å². The molecule has 1 N–H and O–H groups in total. The van der Waals surface area contributed by atoms with E-state index in [-0.39, 0.29) is 11.7 Å². The molecule has 0 aliphatic carbocycles. The minimum absolute atomic E-state index is 0.113. The predicted molar refractivity (Wildman–Crippen MR) is 120 cm³/mol. The van der Waals surface area contributed by atoms with Gasteiger partial charge in [0.1, 0.15) is 11.6 Å². The van der Waals surface area contributed by atoms with Gasteiger partial charge in [0.2, 0.25) is 5.91 Å². The number of aromatic nitrogens is 3. The van der Waals surface area contributed by atoms with Gasteiger partial charge in [-0.15, -0.1) is 21.5 Å². The molecule has 4 aromatic rings. The fourth-order valence-electron chi connectivity index (χ4n) is 2.93. The molecule has 0 bridgehead atoms. The molecule has 0 aliphatic heterocycles. The van der Waals surface area contributed by atoms with Gasteiger partial charge in [-0.2, -0.15) is 0 Å². The van der Waals surface area contributed by atoms with Gasteiger partial charge in [-0.3, -0.25) is 9.36 Å². The first-order valence-electron chi connectivity index (χ1n) is 9.24. The first-order chi connectivity index (χ1) is 14.6. The average Bonchev–Trinajstić information content (AvgIpc) is 3.47. The Morgan fingerprint density at radius 1 is 1.27 bits per heavy atom. The normalized spacial score (nSPS) is 11.0. The topological polar surface area (TPSA) is 73.0 Å². The van der Waals surface area contributed by atoms with Crippen molar-refractivity contribution in [2.75, 3.05) is 11.1 Å². The first-order valence-corrected chi connectivity index (χ1v) is 11.5. The minimum Gasteiger partial charge on any atom is -0.467 e. The molecule has 3 aromatic heterocycles. The Bertz CT molecular complexity index is 1120. The number of furan rings is 1. The summed E-state index contributed by atoms with van der Waals surface area (Å²) in [5.74, 6) is 1.76. The molecule has 3 heterocycles. The molecule has 9 heteroatoms. The molecule has 0 unspecified atom stereocenters. The predicted octanol–water partition coefficient (Wildman–Crippen LogP) is 5.26. The number of carbonyl (C=O) groups is 1. The number of anilines is 1. The Morgan fingerprint density at radius 2 is 2.17 bits per heavy atom. The number of thioether (sulfide) groups is 1. The Morgan fingerprint density at radius 3 is 2.90 bits per heavy atom. The second-order valence-corrected chi connectivity index (χ2v) is 9.03. The van der Waals surface area contributed by atoms with Crippen LogP contribution in [0.5, 0.6) is 0 Å². The summed E-state index contributed by atoms with van der Waals surface area (Å²) in [6.45, 7) is 2.42. The summed E-state index contributed by atoms with van der Waals surface area (Å²) in [5, 5.41) is 15.0. The van der Waals surface area contributed by atoms with Crippen LogP contribution in [0.4, 0.5) is 5.69 Å². The zero-order valence-corrected chi connectivity index (χ0v) is 18.6. The minimum atomic E-state index is -0.113. The van der Waals surface area contributed by atoms with Crippen LogP contribution in [0, 0.1) is 6.92 Å². The van der Waals surface area contributed by atoms with E-state index in [0.717, 1.165) is 22.8 Å². The molecular formula is C21H19ClN4O2S2. The van der Waals surface area contributed by atoms with Crippen molar-refractivity contribution < 1.29 is 9.21 Å². The zero-order chi connectivity index (χ0) is 20.9. The van der Waals surface area contributed by atoms with E-state index in [9.17, 15) is 4.79 Å². The summed E-state index contributed by atoms with van der Waals surface area (Å²) in [7, 11) is 0. The molecule has 0 saturated carbocycles. The Kier molecular flexibility index (Phi) is 6.56. The van der Waals surface area contributed by atoms with Crippen molar-refractivity contribution in [3.8, 4) is 0 Å². The van der Waals surface area contributed by atoms with Crippen LogP contribution < -0.4 is 5.32 Å². The fraction of sp³-hybridized carbons (Fsp3) is 0.190. The standard InChI is InChI=1S/C21H19ClN4O2S2/c1-14-10-15(22)6-7-18(14)23-20(27)13-30-21-25-24-19(11-17-5-3-9-29-17)26(21)12-16-4-2-8-28-16/h2-10H,11-13H2,1H3,(H,23,27). The van der Waals surface area contributed by atoms with E-state index in [1.807, 2.05) is 41.1 Å². The fourth-order valence-corrected chi connectivity index (χ4v) is 4.61. The van der Waals surface area contributed by atoms with Crippen molar-refractivity contribution in [3.05, 3.63) is 81.2 Å². The van der Waals surface area contributed by atoms with Crippen molar-refractivity contribution in [1.29, 1.82) is 0 Å². The van der Waals surface area contributed by atoms with Gasteiger partial charge in [-0.05, 0) is 54.3 Å². The van der Waals surface area contributed by atoms with Crippen LogP contribution in [0.1, 0.15) is 22.0 Å². The van der Waals surface area contributed by atoms with Crippen LogP contribution in [-0.2, 0) is 17.8 Å². The van der Waals surface area contributed by atoms with Gasteiger partial charge in [0.15, 0.2) is 5.16 Å². The summed E-state index contributed by atoms with van der Waals surface area (Å²) < 4.78 is 7.51. The SMILES string of the molecule is Cc1cc(Cl)ccc1NC(=O)CSc1nnc(Cc2cccs2)n1Cc1ccco1. The summed E-state index contributed by atoms with van der Waals surface area (Å²) >= 11 is 9.01. The highest BCUT2D eigenvalue weighted by Gasteiger charge is 2.17. The van der Waals surface area contributed by atoms with Crippen molar-refractivity contribution in [2.24, 2.45) is 0 Å². The Balaban J connectivity index is 1.47. The second kappa shape index (κ2) is 9.51. The van der Waals surface area contributed by atoms with Gasteiger partial charge in [0, 0.05) is 22.0 Å². The number of rotatable bonds is 8. The maximum absolute atomic E-state index is 12.5. The van der Waals surface area contributed by atoms with Gasteiger partial charge >= 0.3 is 0 Å². The molecule has 0 radical (unpaired) electrons. The van der Waals surface area contributed by atoms with Crippen LogP contribution in [-0.4, -0.2) is 26.4 Å². The summed E-state index contributed by atoms with van der Waals surface area (Å²) in [4.78, 5) is 13.7. The number of benzene rings is 1. The number of nitrogens with one attached hydrogen (secondary N) is 1. The summed E-state index contributed by atoms with van der Waals surface area (Å²) in [6.07, 6.45) is 2.33. The molecule has 0 spiro atoms. The third-order valence-corrected chi connectivity index (χ3v) is 6.47. The largest absolute Gasteiger partial charge is 0.467 e. The van der Waals surface area contributed by atoms with Crippen molar-refractivity contribution in [3.63, 3.8) is 0 Å². The molecule has 154 valence electrons. The third-order valence-electron chi connectivity index (χ3n) is 4.39. The number of amides is 1. The monoisotopic (exact) mass is 458 g/mol. The van der Waals surface area contributed by atoms with Crippen molar-refractivity contribution >= 4 is 46.3 Å². The van der Waals surface area contributed by atoms with E-state index in [1.165, 1.54) is 16.6 Å². The van der Waals surface area contributed by atoms with Crippen LogP contribution in [0.3, 0.4) is 0 Å². The van der Waals surface area contributed by atoms with E-state index in [1.54, 1.807) is 29.7 Å². The van der Waals surface area contributed by atoms with Gasteiger partial charge < -0.3 is 9.73 Å². The van der Waals surface area contributed by atoms with Crippen molar-refractivity contribution in [1.82, 2.24) is 14.8 Å². The number of carbonyl (C=O) groups excluding carboxylic acids is 1. The van der Waals surface area contributed by atoms with Crippen LogP contribution in [0.15, 0.2) is 63.7 Å². The molecule has 6 nitrogen and oxygen atoms in total. The lowest BCUT2D eigenvalue weighted by atomic mass is 10.2. The zero-order valence-electron chi connectivity index (χ0n) is 16.2. The molecule has 1 aromatic carbocycles. The molecule has 4 rings (SSSR count). The van der Waals surface area contributed by atoms with Gasteiger partial charge in [-0.1, -0.05) is 29.4 Å². The smallest absolute Gasteiger partial charge is 0.234 e. The Labute approximate surface area is 187 Å². The Hall–Kier alpha value is -2.55. The number of thiophene rings is 1. The lowest BCUT2D eigenvalue weighted by Gasteiger charge is -2.10. The number of aryl methyl sites for hydroxylation is 1. The quantitative estimate of drug-likeness (QED) is 0.364. The summed E-state index contributed by atoms with van der Waals surface area (Å²) in [5.41, 5.74) is 1.67.